The molecule has 1 aromatic carbocycles. The van der Waals surface area contributed by atoms with Crippen molar-refractivity contribution >= 4 is 11.6 Å². The highest BCUT2D eigenvalue weighted by atomic mass is 19.4. The van der Waals surface area contributed by atoms with Gasteiger partial charge >= 0.3 is 6.18 Å². The van der Waals surface area contributed by atoms with E-state index < -0.39 is 12.3 Å². The third kappa shape index (κ3) is 6.11. The Kier molecular flexibility index (Phi) is 8.37. The average molecular weight is 415 g/mol. The van der Waals surface area contributed by atoms with E-state index in [-0.39, 0.29) is 23.7 Å². The highest BCUT2D eigenvalue weighted by Gasteiger charge is 2.38. The monoisotopic (exact) mass is 415 g/mol. The summed E-state index contributed by atoms with van der Waals surface area (Å²) in [4.78, 5) is 14.8. The maximum Gasteiger partial charge on any atom is 0.425 e. The van der Waals surface area contributed by atoms with E-state index in [0.29, 0.717) is 18.2 Å². The molecule has 0 saturated heterocycles. The second-order valence-corrected chi connectivity index (χ2v) is 7.67. The summed E-state index contributed by atoms with van der Waals surface area (Å²) in [6, 6.07) is 6.25. The fourth-order valence-electron chi connectivity index (χ4n) is 4.09. The van der Waals surface area contributed by atoms with Gasteiger partial charge < -0.3 is 14.4 Å². The van der Waals surface area contributed by atoms with E-state index in [1.54, 1.807) is 24.1 Å². The number of benzene rings is 1. The molecule has 2 rings (SSSR count). The van der Waals surface area contributed by atoms with E-state index >= 15 is 0 Å². The molecule has 1 aliphatic carbocycles. The van der Waals surface area contributed by atoms with Crippen molar-refractivity contribution in [3.8, 4) is 5.75 Å². The van der Waals surface area contributed by atoms with Crippen molar-refractivity contribution < 1.29 is 27.4 Å². The summed E-state index contributed by atoms with van der Waals surface area (Å²) in [6.07, 6.45) is -1.45. The largest absolute Gasteiger partial charge is 0.481 e. The standard InChI is InChI=1S/C22H32F3NO3/c1-5-20(28-4)16-7-9-17(10-8-16)21(27)26(6-2)18-11-13-19(14-12-18)29-15(3)22(23,24)25/h11-17,20H,5-10H2,1-4H3/t15-,16?,17?,20?/m1/s1. The maximum absolute atomic E-state index is 13.1. The molecule has 0 radical (unpaired) electrons. The van der Waals surface area contributed by atoms with E-state index in [1.165, 1.54) is 12.1 Å². The molecular formula is C22H32F3NO3. The van der Waals surface area contributed by atoms with Gasteiger partial charge in [-0.3, -0.25) is 4.79 Å². The lowest BCUT2D eigenvalue weighted by molar-refractivity contribution is -0.189. The van der Waals surface area contributed by atoms with Crippen LogP contribution in [0, 0.1) is 11.8 Å². The topological polar surface area (TPSA) is 38.8 Å². The average Bonchev–Trinajstić information content (AvgIpc) is 2.70. The van der Waals surface area contributed by atoms with Gasteiger partial charge in [-0.25, -0.2) is 0 Å². The van der Waals surface area contributed by atoms with Gasteiger partial charge in [-0.15, -0.1) is 0 Å². The number of methoxy groups -OCH3 is 1. The van der Waals surface area contributed by atoms with Gasteiger partial charge in [-0.1, -0.05) is 6.92 Å². The van der Waals surface area contributed by atoms with Crippen molar-refractivity contribution in [3.05, 3.63) is 24.3 Å². The van der Waals surface area contributed by atoms with Crippen molar-refractivity contribution in [2.75, 3.05) is 18.6 Å². The molecule has 7 heteroatoms. The van der Waals surface area contributed by atoms with Crippen molar-refractivity contribution in [1.29, 1.82) is 0 Å². The minimum Gasteiger partial charge on any atom is -0.481 e. The molecule has 2 atom stereocenters. The van der Waals surface area contributed by atoms with E-state index in [9.17, 15) is 18.0 Å². The zero-order valence-electron chi connectivity index (χ0n) is 17.7. The zero-order valence-corrected chi connectivity index (χ0v) is 17.7. The molecule has 29 heavy (non-hydrogen) atoms. The van der Waals surface area contributed by atoms with Crippen LogP contribution in [0.15, 0.2) is 24.3 Å². The molecule has 1 unspecified atom stereocenters. The summed E-state index contributed by atoms with van der Waals surface area (Å²) in [7, 11) is 1.74. The Hall–Kier alpha value is -1.76. The molecule has 1 amide bonds. The van der Waals surface area contributed by atoms with Crippen LogP contribution >= 0.6 is 0 Å². The van der Waals surface area contributed by atoms with Crippen LogP contribution in [0.1, 0.15) is 52.9 Å². The SMILES string of the molecule is CCC(OC)C1CCC(C(=O)N(CC)c2ccc(O[C@H](C)C(F)(F)F)cc2)CC1. The number of carbonyl (C=O) groups excluding carboxylic acids is 1. The molecule has 0 N–H and O–H groups in total. The molecule has 0 aromatic heterocycles. The fourth-order valence-corrected chi connectivity index (χ4v) is 4.09. The van der Waals surface area contributed by atoms with Crippen molar-refractivity contribution in [2.45, 2.75) is 71.3 Å². The van der Waals surface area contributed by atoms with E-state index in [4.69, 9.17) is 9.47 Å². The first kappa shape index (κ1) is 23.5. The lowest BCUT2D eigenvalue weighted by atomic mass is 9.78. The van der Waals surface area contributed by atoms with Crippen LogP contribution in [0.25, 0.3) is 0 Å². The molecule has 0 bridgehead atoms. The first-order chi connectivity index (χ1) is 13.7. The van der Waals surface area contributed by atoms with Gasteiger partial charge in [0.2, 0.25) is 5.91 Å². The molecule has 164 valence electrons. The lowest BCUT2D eigenvalue weighted by Crippen LogP contribution is -2.39. The predicted molar refractivity (Wildman–Crippen MR) is 107 cm³/mol. The molecule has 4 nitrogen and oxygen atoms in total. The van der Waals surface area contributed by atoms with Gasteiger partial charge in [0.15, 0.2) is 6.10 Å². The van der Waals surface area contributed by atoms with E-state index in [0.717, 1.165) is 39.0 Å². The summed E-state index contributed by atoms with van der Waals surface area (Å²) in [5, 5.41) is 0. The number of alkyl halides is 3. The molecule has 0 heterocycles. The van der Waals surface area contributed by atoms with Crippen LogP contribution in [0.5, 0.6) is 5.75 Å². The molecular weight excluding hydrogens is 383 g/mol. The van der Waals surface area contributed by atoms with Gasteiger partial charge in [0.25, 0.3) is 0 Å². The maximum atomic E-state index is 13.1. The number of amides is 1. The third-order valence-electron chi connectivity index (χ3n) is 5.86. The van der Waals surface area contributed by atoms with Gasteiger partial charge in [0, 0.05) is 25.3 Å². The summed E-state index contributed by atoms with van der Waals surface area (Å²) in [5.74, 6) is 0.680. The predicted octanol–water partition coefficient (Wildman–Crippen LogP) is 5.60. The van der Waals surface area contributed by atoms with Gasteiger partial charge in [0.05, 0.1) is 6.10 Å². The minimum atomic E-state index is -4.41. The zero-order chi connectivity index (χ0) is 21.6. The van der Waals surface area contributed by atoms with Crippen LogP contribution in [-0.2, 0) is 9.53 Å². The summed E-state index contributed by atoms with van der Waals surface area (Å²) >= 11 is 0. The fraction of sp³-hybridized carbons (Fsp3) is 0.682. The van der Waals surface area contributed by atoms with Gasteiger partial charge in [-0.2, -0.15) is 13.2 Å². The Morgan fingerprint density at radius 3 is 2.17 bits per heavy atom. The van der Waals surface area contributed by atoms with E-state index in [1.807, 2.05) is 6.92 Å². The van der Waals surface area contributed by atoms with E-state index in [2.05, 4.69) is 6.92 Å². The number of anilines is 1. The van der Waals surface area contributed by atoms with Crippen LogP contribution in [0.4, 0.5) is 18.9 Å². The number of hydrogen-bond acceptors (Lipinski definition) is 3. The molecule has 1 aromatic rings. The van der Waals surface area contributed by atoms with Gasteiger partial charge in [0.1, 0.15) is 5.75 Å². The minimum absolute atomic E-state index is 0.0262. The normalized spacial score (nSPS) is 22.0. The van der Waals surface area contributed by atoms with Crippen LogP contribution in [0.2, 0.25) is 0 Å². The second-order valence-electron chi connectivity index (χ2n) is 7.67. The number of nitrogens with zero attached hydrogens (tertiary/aromatic N) is 1. The lowest BCUT2D eigenvalue weighted by Gasteiger charge is -2.34. The number of ether oxygens (including phenoxy) is 2. The Labute approximate surface area is 171 Å². The summed E-state index contributed by atoms with van der Waals surface area (Å²) in [5.41, 5.74) is 0.676. The molecule has 0 aliphatic heterocycles. The number of hydrogen-bond donors (Lipinski definition) is 0. The number of carbonyl (C=O) groups is 1. The molecule has 1 saturated carbocycles. The Morgan fingerprint density at radius 2 is 1.72 bits per heavy atom. The van der Waals surface area contributed by atoms with Crippen LogP contribution in [0.3, 0.4) is 0 Å². The second kappa shape index (κ2) is 10.3. The Balaban J connectivity index is 1.99. The molecule has 1 aliphatic rings. The van der Waals surface area contributed by atoms with Crippen molar-refractivity contribution in [2.24, 2.45) is 11.8 Å². The first-order valence-electron chi connectivity index (χ1n) is 10.4. The van der Waals surface area contributed by atoms with Crippen molar-refractivity contribution in [3.63, 3.8) is 0 Å². The summed E-state index contributed by atoms with van der Waals surface area (Å²) in [6.45, 7) is 5.50. The molecule has 1 fully saturated rings. The highest BCUT2D eigenvalue weighted by Crippen LogP contribution is 2.35. The van der Waals surface area contributed by atoms with Crippen molar-refractivity contribution in [1.82, 2.24) is 0 Å². The van der Waals surface area contributed by atoms with Crippen LogP contribution < -0.4 is 9.64 Å². The number of rotatable bonds is 8. The molecule has 0 spiro atoms. The van der Waals surface area contributed by atoms with Gasteiger partial charge in [-0.05, 0) is 76.1 Å². The first-order valence-corrected chi connectivity index (χ1v) is 10.4. The summed E-state index contributed by atoms with van der Waals surface area (Å²) < 4.78 is 48.4. The highest BCUT2D eigenvalue weighted by molar-refractivity contribution is 5.95. The number of halogens is 3. The van der Waals surface area contributed by atoms with Crippen LogP contribution in [-0.4, -0.2) is 37.9 Å². The Morgan fingerprint density at radius 1 is 1.14 bits per heavy atom. The quantitative estimate of drug-likeness (QED) is 0.555. The smallest absolute Gasteiger partial charge is 0.425 e. The Bertz CT molecular complexity index is 636. The third-order valence-corrected chi connectivity index (χ3v) is 5.86.